The molecule has 4 aromatic rings. The monoisotopic (exact) mass is 487 g/mol. The summed E-state index contributed by atoms with van der Waals surface area (Å²) in [5.41, 5.74) is 5.22. The minimum Gasteiger partial charge on any atom is -0.494 e. The van der Waals surface area contributed by atoms with Crippen LogP contribution in [0.25, 0.3) is 10.9 Å². The Labute approximate surface area is 210 Å². The first kappa shape index (κ1) is 25.1. The summed E-state index contributed by atoms with van der Waals surface area (Å²) < 4.78 is 18.8. The Morgan fingerprint density at radius 2 is 1.72 bits per heavy atom. The fourth-order valence-corrected chi connectivity index (χ4v) is 4.14. The lowest BCUT2D eigenvalue weighted by Crippen LogP contribution is -2.10. The molecule has 0 aliphatic carbocycles. The summed E-state index contributed by atoms with van der Waals surface area (Å²) in [6.45, 7) is 2.97. The number of hydrogen-bond acceptors (Lipinski definition) is 5. The zero-order valence-corrected chi connectivity index (χ0v) is 20.7. The van der Waals surface area contributed by atoms with E-state index in [1.807, 2.05) is 62.6 Å². The fraction of sp³-hybridized carbons (Fsp3) is 0.241. The molecule has 7 heteroatoms. The predicted molar refractivity (Wildman–Crippen MR) is 140 cm³/mol. The van der Waals surface area contributed by atoms with Crippen molar-refractivity contribution in [2.75, 3.05) is 20.7 Å². The number of hydrogen-bond donors (Lipinski definition) is 2. The zero-order valence-electron chi connectivity index (χ0n) is 20.7. The van der Waals surface area contributed by atoms with Gasteiger partial charge in [0.05, 0.1) is 29.1 Å². The van der Waals surface area contributed by atoms with E-state index in [-0.39, 0.29) is 11.8 Å². The van der Waals surface area contributed by atoms with Crippen molar-refractivity contribution in [3.8, 4) is 5.88 Å². The van der Waals surface area contributed by atoms with E-state index in [0.717, 1.165) is 28.9 Å². The van der Waals surface area contributed by atoms with Gasteiger partial charge in [0.2, 0.25) is 0 Å². The topological polar surface area (TPSA) is 77.9 Å². The first-order valence-corrected chi connectivity index (χ1v) is 11.9. The first-order chi connectivity index (χ1) is 17.3. The van der Waals surface area contributed by atoms with Gasteiger partial charge in [-0.25, -0.2) is 9.38 Å². The highest BCUT2D eigenvalue weighted by molar-refractivity contribution is 6.21. The summed E-state index contributed by atoms with van der Waals surface area (Å²) >= 11 is 0. The summed E-state index contributed by atoms with van der Waals surface area (Å²) in [5, 5.41) is 11.5. The molecule has 1 aromatic heterocycles. The van der Waals surface area contributed by atoms with Crippen molar-refractivity contribution in [1.82, 2.24) is 9.88 Å². The minimum atomic E-state index is -0.392. The van der Waals surface area contributed by atoms with Gasteiger partial charge in [0.15, 0.2) is 5.88 Å². The van der Waals surface area contributed by atoms with Crippen LogP contribution >= 0.6 is 0 Å². The van der Waals surface area contributed by atoms with E-state index in [0.29, 0.717) is 41.6 Å². The van der Waals surface area contributed by atoms with Crippen LogP contribution in [-0.2, 0) is 22.5 Å². The van der Waals surface area contributed by atoms with Crippen molar-refractivity contribution in [3.63, 3.8) is 0 Å². The number of benzene rings is 3. The summed E-state index contributed by atoms with van der Waals surface area (Å²) in [5.74, 6) is -0.696. The van der Waals surface area contributed by atoms with Gasteiger partial charge in [-0.1, -0.05) is 36.4 Å². The predicted octanol–water partition coefficient (Wildman–Crippen LogP) is 5.74. The van der Waals surface area contributed by atoms with Gasteiger partial charge in [0, 0.05) is 23.9 Å². The third kappa shape index (κ3) is 5.98. The number of ether oxygens (including phenoxy) is 1. The first-order valence-electron chi connectivity index (χ1n) is 11.9. The molecule has 36 heavy (non-hydrogen) atoms. The molecule has 3 aromatic carbocycles. The normalized spacial score (nSPS) is 11.9. The van der Waals surface area contributed by atoms with Crippen LogP contribution in [0.3, 0.4) is 0 Å². The van der Waals surface area contributed by atoms with Crippen LogP contribution in [0.1, 0.15) is 35.6 Å². The number of rotatable bonds is 9. The number of carbonyl (C=O) groups is 1. The van der Waals surface area contributed by atoms with E-state index >= 15 is 0 Å². The highest BCUT2D eigenvalue weighted by Gasteiger charge is 2.19. The lowest BCUT2D eigenvalue weighted by atomic mass is 9.98. The van der Waals surface area contributed by atoms with Crippen LogP contribution in [0.2, 0.25) is 0 Å². The van der Waals surface area contributed by atoms with E-state index in [1.165, 1.54) is 12.1 Å². The molecule has 186 valence electrons. The van der Waals surface area contributed by atoms with Crippen LogP contribution in [-0.4, -0.2) is 47.4 Å². The Bertz CT molecular complexity index is 1370. The van der Waals surface area contributed by atoms with Crippen LogP contribution in [0.5, 0.6) is 5.88 Å². The number of aromatic amines is 1. The Balaban J connectivity index is 1.73. The molecule has 0 unspecified atom stereocenters. The molecule has 6 nitrogen and oxygen atoms in total. The summed E-state index contributed by atoms with van der Waals surface area (Å²) in [7, 11) is 4.03. The number of fused-ring (bicyclic) bond motifs is 1. The third-order valence-electron chi connectivity index (χ3n) is 5.80. The molecule has 0 atom stereocenters. The average Bonchev–Trinajstić information content (AvgIpc) is 3.17. The molecule has 4 rings (SSSR count). The van der Waals surface area contributed by atoms with Crippen molar-refractivity contribution in [1.29, 1.82) is 0 Å². The van der Waals surface area contributed by atoms with Crippen LogP contribution < -0.4 is 0 Å². The number of aromatic hydroxyl groups is 1. The maximum Gasteiger partial charge on any atom is 0.306 e. The SMILES string of the molecule is CCOC(=O)CCc1ccc(C(=Nc2ccc(CN(C)C)cc2)c2c(O)[nH]c3cc(F)ccc23)cc1. The van der Waals surface area contributed by atoms with E-state index in [9.17, 15) is 14.3 Å². The fourth-order valence-electron chi connectivity index (χ4n) is 4.14. The number of aliphatic imine (C=N–C) groups is 1. The van der Waals surface area contributed by atoms with Crippen molar-refractivity contribution < 1.29 is 19.0 Å². The molecule has 1 heterocycles. The van der Waals surface area contributed by atoms with Crippen molar-refractivity contribution in [2.45, 2.75) is 26.3 Å². The summed E-state index contributed by atoms with van der Waals surface area (Å²) in [6, 6.07) is 20.0. The molecule has 0 radical (unpaired) electrons. The van der Waals surface area contributed by atoms with Crippen molar-refractivity contribution in [3.05, 3.63) is 94.8 Å². The second-order valence-corrected chi connectivity index (χ2v) is 8.91. The Morgan fingerprint density at radius 1 is 1.03 bits per heavy atom. The van der Waals surface area contributed by atoms with Crippen molar-refractivity contribution >= 4 is 28.3 Å². The summed E-state index contributed by atoms with van der Waals surface area (Å²) in [4.78, 5) is 21.6. The molecular formula is C29H30FN3O3. The molecule has 2 N–H and O–H groups in total. The number of nitrogens with one attached hydrogen (secondary N) is 1. The molecule has 0 saturated carbocycles. The molecule has 0 aliphatic rings. The number of esters is 1. The van der Waals surface area contributed by atoms with Crippen LogP contribution in [0.15, 0.2) is 71.7 Å². The standard InChI is InChI=1S/C29H30FN3O3/c1-4-36-26(34)16-9-19-5-10-21(11-6-19)28(31-23-13-7-20(8-14-23)18-33(2)3)27-24-15-12-22(30)17-25(24)32-29(27)35/h5-8,10-15,17,32,35H,4,9,16,18H2,1-3H3. The molecule has 0 amide bonds. The van der Waals surface area contributed by atoms with Gasteiger partial charge in [-0.2, -0.15) is 0 Å². The zero-order chi connectivity index (χ0) is 25.7. The Kier molecular flexibility index (Phi) is 7.80. The second-order valence-electron chi connectivity index (χ2n) is 8.91. The maximum atomic E-state index is 13.8. The quantitative estimate of drug-likeness (QED) is 0.233. The lowest BCUT2D eigenvalue weighted by molar-refractivity contribution is -0.143. The smallest absolute Gasteiger partial charge is 0.306 e. The van der Waals surface area contributed by atoms with E-state index in [2.05, 4.69) is 9.88 Å². The molecule has 0 aliphatic heterocycles. The van der Waals surface area contributed by atoms with Gasteiger partial charge < -0.3 is 19.7 Å². The van der Waals surface area contributed by atoms with E-state index in [1.54, 1.807) is 13.0 Å². The second kappa shape index (κ2) is 11.2. The average molecular weight is 488 g/mol. The van der Waals surface area contributed by atoms with Gasteiger partial charge in [-0.15, -0.1) is 0 Å². The Morgan fingerprint density at radius 3 is 2.39 bits per heavy atom. The number of aryl methyl sites for hydroxylation is 1. The van der Waals surface area contributed by atoms with Gasteiger partial charge >= 0.3 is 5.97 Å². The van der Waals surface area contributed by atoms with Gasteiger partial charge in [0.25, 0.3) is 0 Å². The largest absolute Gasteiger partial charge is 0.494 e. The summed E-state index contributed by atoms with van der Waals surface area (Å²) in [6.07, 6.45) is 0.874. The highest BCUT2D eigenvalue weighted by atomic mass is 19.1. The number of nitrogens with zero attached hydrogens (tertiary/aromatic N) is 2. The number of H-pyrrole nitrogens is 1. The van der Waals surface area contributed by atoms with Gasteiger partial charge in [-0.3, -0.25) is 4.79 Å². The van der Waals surface area contributed by atoms with Crippen molar-refractivity contribution in [2.24, 2.45) is 4.99 Å². The number of halogens is 1. The molecule has 0 saturated heterocycles. The molecule has 0 fully saturated rings. The number of carbonyl (C=O) groups excluding carboxylic acids is 1. The highest BCUT2D eigenvalue weighted by Crippen LogP contribution is 2.32. The minimum absolute atomic E-state index is 0.0787. The Hall–Kier alpha value is -3.97. The molecule has 0 bridgehead atoms. The number of aromatic nitrogens is 1. The van der Waals surface area contributed by atoms with Crippen LogP contribution in [0.4, 0.5) is 10.1 Å². The van der Waals surface area contributed by atoms with Crippen LogP contribution in [0, 0.1) is 5.82 Å². The third-order valence-corrected chi connectivity index (χ3v) is 5.80. The van der Waals surface area contributed by atoms with E-state index < -0.39 is 5.82 Å². The van der Waals surface area contributed by atoms with E-state index in [4.69, 9.17) is 9.73 Å². The van der Waals surface area contributed by atoms with Gasteiger partial charge in [0.1, 0.15) is 5.82 Å². The molecular weight excluding hydrogens is 457 g/mol. The molecule has 0 spiro atoms. The van der Waals surface area contributed by atoms with Gasteiger partial charge in [-0.05, 0) is 68.9 Å². The maximum absolute atomic E-state index is 13.8. The lowest BCUT2D eigenvalue weighted by Gasteiger charge is -2.11.